The Morgan fingerprint density at radius 1 is 1.28 bits per heavy atom. The van der Waals surface area contributed by atoms with Crippen LogP contribution in [0.5, 0.6) is 0 Å². The lowest BCUT2D eigenvalue weighted by Gasteiger charge is -2.04. The Morgan fingerprint density at radius 2 is 1.94 bits per heavy atom. The van der Waals surface area contributed by atoms with Crippen molar-refractivity contribution >= 4 is 54.7 Å². The second kappa shape index (κ2) is 5.07. The minimum atomic E-state index is -1.03. The number of ketones is 1. The van der Waals surface area contributed by atoms with E-state index in [1.54, 1.807) is 0 Å². The van der Waals surface area contributed by atoms with Gasteiger partial charge in [-0.1, -0.05) is 0 Å². The standard InChI is InChI=1S/C11H5Br2F2NOS/c12-4-3-7(18-11(4)13)10(17)8-5(14)1-2-6(16)9(8)15/h1-3H,16H2. The van der Waals surface area contributed by atoms with Crippen LogP contribution in [0.1, 0.15) is 15.2 Å². The topological polar surface area (TPSA) is 43.1 Å². The number of nitrogens with two attached hydrogens (primary N) is 1. The number of nitrogen functional groups attached to an aromatic ring is 1. The first-order valence-corrected chi connectivity index (χ1v) is 7.05. The molecule has 2 N–H and O–H groups in total. The van der Waals surface area contributed by atoms with E-state index in [-0.39, 0.29) is 10.6 Å². The first-order valence-electron chi connectivity index (χ1n) is 4.65. The van der Waals surface area contributed by atoms with Crippen molar-refractivity contribution in [3.05, 3.63) is 48.5 Å². The highest BCUT2D eigenvalue weighted by Gasteiger charge is 2.23. The summed E-state index contributed by atoms with van der Waals surface area (Å²) in [6, 6.07) is 3.56. The number of benzene rings is 1. The van der Waals surface area contributed by atoms with Gasteiger partial charge < -0.3 is 5.73 Å². The van der Waals surface area contributed by atoms with Crippen LogP contribution < -0.4 is 5.73 Å². The summed E-state index contributed by atoms with van der Waals surface area (Å²) in [5.41, 5.74) is 4.45. The molecule has 0 amide bonds. The van der Waals surface area contributed by atoms with E-state index in [1.807, 2.05) is 0 Å². The molecule has 0 unspecified atom stereocenters. The molecule has 2 aromatic rings. The van der Waals surface area contributed by atoms with Gasteiger partial charge in [-0.3, -0.25) is 4.79 Å². The average molecular weight is 397 g/mol. The van der Waals surface area contributed by atoms with Crippen LogP contribution in [0, 0.1) is 11.6 Å². The maximum atomic E-state index is 13.7. The molecule has 0 saturated heterocycles. The number of rotatable bonds is 2. The molecular formula is C11H5Br2F2NOS. The summed E-state index contributed by atoms with van der Waals surface area (Å²) in [6.45, 7) is 0. The molecule has 1 heterocycles. The second-order valence-corrected chi connectivity index (χ2v) is 6.61. The summed E-state index contributed by atoms with van der Waals surface area (Å²) in [5.74, 6) is -2.68. The van der Waals surface area contributed by atoms with Gasteiger partial charge in [0.1, 0.15) is 5.82 Å². The van der Waals surface area contributed by atoms with Gasteiger partial charge in [-0.15, -0.1) is 11.3 Å². The van der Waals surface area contributed by atoms with Crippen LogP contribution in [0.3, 0.4) is 0 Å². The SMILES string of the molecule is Nc1ccc(F)c(C(=O)c2cc(Br)c(Br)s2)c1F. The van der Waals surface area contributed by atoms with E-state index in [4.69, 9.17) is 5.73 Å². The Hall–Kier alpha value is -0.790. The minimum absolute atomic E-state index is 0.220. The Labute approximate surface area is 122 Å². The third-order valence-corrected chi connectivity index (χ3v) is 5.47. The molecule has 1 aromatic heterocycles. The van der Waals surface area contributed by atoms with Crippen molar-refractivity contribution in [2.45, 2.75) is 0 Å². The van der Waals surface area contributed by atoms with Crippen molar-refractivity contribution in [3.63, 3.8) is 0 Å². The summed E-state index contributed by atoms with van der Waals surface area (Å²) in [4.78, 5) is 12.3. The molecule has 0 aliphatic rings. The van der Waals surface area contributed by atoms with Gasteiger partial charge in [0.05, 0.1) is 19.9 Å². The highest BCUT2D eigenvalue weighted by atomic mass is 79.9. The van der Waals surface area contributed by atoms with E-state index in [0.717, 1.165) is 23.5 Å². The Bertz CT molecular complexity index is 623. The van der Waals surface area contributed by atoms with Crippen molar-refractivity contribution in [1.82, 2.24) is 0 Å². The van der Waals surface area contributed by atoms with Crippen molar-refractivity contribution in [3.8, 4) is 0 Å². The molecule has 2 rings (SSSR count). The monoisotopic (exact) mass is 395 g/mol. The second-order valence-electron chi connectivity index (χ2n) is 3.39. The van der Waals surface area contributed by atoms with Crippen molar-refractivity contribution in [2.75, 3.05) is 5.73 Å². The molecule has 0 fully saturated rings. The molecule has 94 valence electrons. The van der Waals surface area contributed by atoms with Crippen LogP contribution in [0.2, 0.25) is 0 Å². The van der Waals surface area contributed by atoms with E-state index in [0.29, 0.717) is 8.26 Å². The third-order valence-electron chi connectivity index (χ3n) is 2.22. The molecule has 0 aliphatic carbocycles. The van der Waals surface area contributed by atoms with Gasteiger partial charge in [-0.25, -0.2) is 8.78 Å². The van der Waals surface area contributed by atoms with Crippen molar-refractivity contribution < 1.29 is 13.6 Å². The smallest absolute Gasteiger partial charge is 0.209 e. The fraction of sp³-hybridized carbons (Fsp3) is 0. The van der Waals surface area contributed by atoms with Gasteiger partial charge in [0.15, 0.2) is 5.82 Å². The van der Waals surface area contributed by atoms with Crippen LogP contribution in [0.15, 0.2) is 26.5 Å². The molecule has 0 spiro atoms. The maximum absolute atomic E-state index is 13.7. The lowest BCUT2D eigenvalue weighted by atomic mass is 10.1. The zero-order valence-electron chi connectivity index (χ0n) is 8.64. The number of hydrogen-bond acceptors (Lipinski definition) is 3. The molecule has 2 nitrogen and oxygen atoms in total. The quantitative estimate of drug-likeness (QED) is 0.605. The van der Waals surface area contributed by atoms with E-state index in [1.165, 1.54) is 6.07 Å². The average Bonchev–Trinajstić information content (AvgIpc) is 2.65. The summed E-state index contributed by atoms with van der Waals surface area (Å²) < 4.78 is 28.6. The van der Waals surface area contributed by atoms with Crippen LogP contribution in [-0.4, -0.2) is 5.78 Å². The van der Waals surface area contributed by atoms with E-state index in [2.05, 4.69) is 31.9 Å². The molecular weight excluding hydrogens is 392 g/mol. The summed E-state index contributed by atoms with van der Waals surface area (Å²) in [6.07, 6.45) is 0. The zero-order chi connectivity index (χ0) is 13.4. The number of halogens is 4. The first kappa shape index (κ1) is 13.6. The molecule has 0 atom stereocenters. The van der Waals surface area contributed by atoms with E-state index < -0.39 is 23.0 Å². The van der Waals surface area contributed by atoms with E-state index in [9.17, 15) is 13.6 Å². The number of thiophene rings is 1. The lowest BCUT2D eigenvalue weighted by Crippen LogP contribution is -2.08. The van der Waals surface area contributed by atoms with Crippen molar-refractivity contribution in [1.29, 1.82) is 0 Å². The Morgan fingerprint density at radius 3 is 2.50 bits per heavy atom. The zero-order valence-corrected chi connectivity index (χ0v) is 12.6. The molecule has 0 bridgehead atoms. The first-order chi connectivity index (χ1) is 8.41. The summed E-state index contributed by atoms with van der Waals surface area (Å²) in [7, 11) is 0. The predicted octanol–water partition coefficient (Wildman–Crippen LogP) is 4.36. The van der Waals surface area contributed by atoms with Gasteiger partial charge in [0, 0.05) is 4.47 Å². The van der Waals surface area contributed by atoms with Crippen LogP contribution in [-0.2, 0) is 0 Å². The highest BCUT2D eigenvalue weighted by Crippen LogP contribution is 2.34. The summed E-state index contributed by atoms with van der Waals surface area (Å²) >= 11 is 7.51. The minimum Gasteiger partial charge on any atom is -0.396 e. The van der Waals surface area contributed by atoms with Gasteiger partial charge >= 0.3 is 0 Å². The molecule has 0 saturated carbocycles. The molecule has 0 aliphatic heterocycles. The molecule has 7 heteroatoms. The predicted molar refractivity (Wildman–Crippen MR) is 73.9 cm³/mol. The fourth-order valence-electron chi connectivity index (χ4n) is 1.36. The Balaban J connectivity index is 2.56. The molecule has 1 aromatic carbocycles. The van der Waals surface area contributed by atoms with Gasteiger partial charge in [-0.05, 0) is 50.1 Å². The number of carbonyl (C=O) groups excluding carboxylic acids is 1. The normalized spacial score (nSPS) is 10.7. The number of anilines is 1. The van der Waals surface area contributed by atoms with Crippen LogP contribution in [0.4, 0.5) is 14.5 Å². The summed E-state index contributed by atoms with van der Waals surface area (Å²) in [5, 5.41) is 0. The van der Waals surface area contributed by atoms with Crippen LogP contribution in [0.25, 0.3) is 0 Å². The van der Waals surface area contributed by atoms with Gasteiger partial charge in [0.25, 0.3) is 0 Å². The highest BCUT2D eigenvalue weighted by molar-refractivity contribution is 9.13. The maximum Gasteiger partial charge on any atom is 0.209 e. The number of hydrogen-bond donors (Lipinski definition) is 1. The van der Waals surface area contributed by atoms with Crippen molar-refractivity contribution in [2.24, 2.45) is 0 Å². The number of carbonyl (C=O) groups is 1. The van der Waals surface area contributed by atoms with E-state index >= 15 is 0 Å². The Kier molecular flexibility index (Phi) is 3.84. The fourth-order valence-corrected chi connectivity index (χ4v) is 3.34. The largest absolute Gasteiger partial charge is 0.396 e. The molecule has 0 radical (unpaired) electrons. The lowest BCUT2D eigenvalue weighted by molar-refractivity contribution is 0.103. The molecule has 18 heavy (non-hydrogen) atoms. The van der Waals surface area contributed by atoms with Crippen LogP contribution >= 0.6 is 43.2 Å². The van der Waals surface area contributed by atoms with Gasteiger partial charge in [-0.2, -0.15) is 0 Å². The van der Waals surface area contributed by atoms with Gasteiger partial charge in [0.2, 0.25) is 5.78 Å². The third kappa shape index (κ3) is 2.34.